The van der Waals surface area contributed by atoms with Crippen LogP contribution in [0.3, 0.4) is 0 Å². The van der Waals surface area contributed by atoms with Crippen LogP contribution in [0.25, 0.3) is 0 Å². The van der Waals surface area contributed by atoms with E-state index in [4.69, 9.17) is 4.74 Å². The Kier molecular flexibility index (Phi) is 5.45. The molecule has 1 heterocycles. The summed E-state index contributed by atoms with van der Waals surface area (Å²) >= 11 is 0. The Hall–Kier alpha value is -0.120. The molecule has 1 N–H and O–H groups in total. The zero-order valence-corrected chi connectivity index (χ0v) is 9.75. The van der Waals surface area contributed by atoms with E-state index in [0.717, 1.165) is 25.7 Å². The van der Waals surface area contributed by atoms with E-state index in [9.17, 15) is 0 Å². The second kappa shape index (κ2) is 6.38. The first-order valence-corrected chi connectivity index (χ1v) is 5.72. The van der Waals surface area contributed by atoms with Gasteiger partial charge < -0.3 is 15.0 Å². The van der Waals surface area contributed by atoms with E-state index in [-0.39, 0.29) is 0 Å². The first-order valence-electron chi connectivity index (χ1n) is 5.72. The first kappa shape index (κ1) is 12.0. The molecule has 0 amide bonds. The average Bonchev–Trinajstić information content (AvgIpc) is 2.58. The van der Waals surface area contributed by atoms with Gasteiger partial charge in [-0.15, -0.1) is 0 Å². The Morgan fingerprint density at radius 2 is 2.36 bits per heavy atom. The molecule has 0 radical (unpaired) electrons. The summed E-state index contributed by atoms with van der Waals surface area (Å²) in [6.07, 6.45) is 1.34. The lowest BCUT2D eigenvalue weighted by molar-refractivity contribution is 0.126. The summed E-state index contributed by atoms with van der Waals surface area (Å²) in [6.45, 7) is 9.52. The van der Waals surface area contributed by atoms with Crippen LogP contribution in [0.15, 0.2) is 0 Å². The summed E-state index contributed by atoms with van der Waals surface area (Å²) in [7, 11) is 2.20. The van der Waals surface area contributed by atoms with E-state index < -0.39 is 0 Å². The van der Waals surface area contributed by atoms with E-state index in [0.29, 0.717) is 6.04 Å². The van der Waals surface area contributed by atoms with Gasteiger partial charge in [-0.2, -0.15) is 0 Å². The average molecular weight is 200 g/mol. The standard InChI is InChI=1S/C11H24N2O/c1-4-14-9-10(2)12-7-11-5-6-13(3)8-11/h10-12H,4-9H2,1-3H3. The third-order valence-corrected chi connectivity index (χ3v) is 2.82. The van der Waals surface area contributed by atoms with Crippen LogP contribution in [0.5, 0.6) is 0 Å². The van der Waals surface area contributed by atoms with Crippen LogP contribution in [0.4, 0.5) is 0 Å². The van der Waals surface area contributed by atoms with Gasteiger partial charge in [0.2, 0.25) is 0 Å². The molecule has 0 saturated carbocycles. The number of rotatable bonds is 6. The van der Waals surface area contributed by atoms with E-state index in [1.165, 1.54) is 19.5 Å². The molecule has 0 spiro atoms. The molecule has 3 nitrogen and oxygen atoms in total. The summed E-state index contributed by atoms with van der Waals surface area (Å²) in [5.74, 6) is 0.837. The lowest BCUT2D eigenvalue weighted by Gasteiger charge is -2.17. The number of hydrogen-bond donors (Lipinski definition) is 1. The SMILES string of the molecule is CCOCC(C)NCC1CCN(C)C1. The van der Waals surface area contributed by atoms with Gasteiger partial charge in [-0.05, 0) is 46.3 Å². The molecule has 0 aromatic rings. The van der Waals surface area contributed by atoms with Crippen LogP contribution in [0, 0.1) is 5.92 Å². The highest BCUT2D eigenvalue weighted by Crippen LogP contribution is 2.12. The fraction of sp³-hybridized carbons (Fsp3) is 1.00. The Morgan fingerprint density at radius 1 is 1.57 bits per heavy atom. The van der Waals surface area contributed by atoms with Gasteiger partial charge in [0.1, 0.15) is 0 Å². The quantitative estimate of drug-likeness (QED) is 0.691. The highest BCUT2D eigenvalue weighted by atomic mass is 16.5. The third kappa shape index (κ3) is 4.40. The number of likely N-dealkylation sites (tertiary alicyclic amines) is 1. The van der Waals surface area contributed by atoms with Crippen molar-refractivity contribution in [3.63, 3.8) is 0 Å². The third-order valence-electron chi connectivity index (χ3n) is 2.82. The largest absolute Gasteiger partial charge is 0.380 e. The van der Waals surface area contributed by atoms with Gasteiger partial charge in [-0.25, -0.2) is 0 Å². The van der Waals surface area contributed by atoms with Crippen molar-refractivity contribution in [2.75, 3.05) is 39.9 Å². The maximum Gasteiger partial charge on any atom is 0.0616 e. The smallest absolute Gasteiger partial charge is 0.0616 e. The van der Waals surface area contributed by atoms with Crippen molar-refractivity contribution >= 4 is 0 Å². The van der Waals surface area contributed by atoms with Crippen molar-refractivity contribution in [3.05, 3.63) is 0 Å². The second-order valence-electron chi connectivity index (χ2n) is 4.39. The van der Waals surface area contributed by atoms with Gasteiger partial charge in [0.25, 0.3) is 0 Å². The molecule has 1 aliphatic rings. The summed E-state index contributed by atoms with van der Waals surface area (Å²) in [4.78, 5) is 2.40. The molecule has 0 aliphatic carbocycles. The predicted octanol–water partition coefficient (Wildman–Crippen LogP) is 0.953. The van der Waals surface area contributed by atoms with Crippen molar-refractivity contribution in [2.24, 2.45) is 5.92 Å². The zero-order chi connectivity index (χ0) is 10.4. The minimum absolute atomic E-state index is 0.487. The van der Waals surface area contributed by atoms with Crippen LogP contribution < -0.4 is 5.32 Å². The minimum atomic E-state index is 0.487. The lowest BCUT2D eigenvalue weighted by atomic mass is 10.1. The molecule has 2 atom stereocenters. The molecular weight excluding hydrogens is 176 g/mol. The summed E-state index contributed by atoms with van der Waals surface area (Å²) in [6, 6.07) is 0.487. The summed E-state index contributed by atoms with van der Waals surface area (Å²) in [5, 5.41) is 3.53. The van der Waals surface area contributed by atoms with Gasteiger partial charge in [0, 0.05) is 19.2 Å². The Labute approximate surface area is 87.8 Å². The number of ether oxygens (including phenoxy) is 1. The number of hydrogen-bond acceptors (Lipinski definition) is 3. The number of nitrogens with zero attached hydrogens (tertiary/aromatic N) is 1. The molecule has 84 valence electrons. The van der Waals surface area contributed by atoms with Crippen molar-refractivity contribution in [1.82, 2.24) is 10.2 Å². The molecule has 0 aromatic carbocycles. The van der Waals surface area contributed by atoms with Gasteiger partial charge in [-0.3, -0.25) is 0 Å². The highest BCUT2D eigenvalue weighted by Gasteiger charge is 2.19. The first-order chi connectivity index (χ1) is 6.72. The normalized spacial score (nSPS) is 25.5. The maximum atomic E-state index is 5.36. The highest BCUT2D eigenvalue weighted by molar-refractivity contribution is 4.75. The topological polar surface area (TPSA) is 24.5 Å². The Morgan fingerprint density at radius 3 is 2.93 bits per heavy atom. The number of nitrogens with one attached hydrogen (secondary N) is 1. The monoisotopic (exact) mass is 200 g/mol. The lowest BCUT2D eigenvalue weighted by Crippen LogP contribution is -2.35. The van der Waals surface area contributed by atoms with Crippen LogP contribution in [-0.2, 0) is 4.74 Å². The molecular formula is C11H24N2O. The second-order valence-corrected chi connectivity index (χ2v) is 4.39. The van der Waals surface area contributed by atoms with E-state index in [2.05, 4.69) is 24.2 Å². The van der Waals surface area contributed by atoms with Crippen LogP contribution >= 0.6 is 0 Å². The van der Waals surface area contributed by atoms with Crippen molar-refractivity contribution in [3.8, 4) is 0 Å². The van der Waals surface area contributed by atoms with Crippen LogP contribution in [-0.4, -0.2) is 50.8 Å². The van der Waals surface area contributed by atoms with Gasteiger partial charge in [0.15, 0.2) is 0 Å². The molecule has 0 bridgehead atoms. The fourth-order valence-electron chi connectivity index (χ4n) is 1.91. The predicted molar refractivity (Wildman–Crippen MR) is 59.6 cm³/mol. The van der Waals surface area contributed by atoms with E-state index >= 15 is 0 Å². The van der Waals surface area contributed by atoms with E-state index in [1.807, 2.05) is 6.92 Å². The van der Waals surface area contributed by atoms with Crippen molar-refractivity contribution in [1.29, 1.82) is 0 Å². The van der Waals surface area contributed by atoms with E-state index in [1.54, 1.807) is 0 Å². The van der Waals surface area contributed by atoms with Gasteiger partial charge in [0.05, 0.1) is 6.61 Å². The summed E-state index contributed by atoms with van der Waals surface area (Å²) in [5.41, 5.74) is 0. The zero-order valence-electron chi connectivity index (χ0n) is 9.75. The Balaban J connectivity index is 2.02. The molecule has 1 fully saturated rings. The molecule has 0 aromatic heterocycles. The minimum Gasteiger partial charge on any atom is -0.380 e. The van der Waals surface area contributed by atoms with Gasteiger partial charge >= 0.3 is 0 Å². The molecule has 2 unspecified atom stereocenters. The van der Waals surface area contributed by atoms with Crippen molar-refractivity contribution < 1.29 is 4.74 Å². The molecule has 1 rings (SSSR count). The van der Waals surface area contributed by atoms with Gasteiger partial charge in [-0.1, -0.05) is 0 Å². The van der Waals surface area contributed by atoms with Crippen LogP contribution in [0.1, 0.15) is 20.3 Å². The molecule has 1 saturated heterocycles. The maximum absolute atomic E-state index is 5.36. The van der Waals surface area contributed by atoms with Crippen molar-refractivity contribution in [2.45, 2.75) is 26.3 Å². The van der Waals surface area contributed by atoms with Crippen LogP contribution in [0.2, 0.25) is 0 Å². The summed E-state index contributed by atoms with van der Waals surface area (Å²) < 4.78 is 5.36. The molecule has 3 heteroatoms. The fourth-order valence-corrected chi connectivity index (χ4v) is 1.91. The molecule has 14 heavy (non-hydrogen) atoms. The Bertz CT molecular complexity index is 152. The molecule has 1 aliphatic heterocycles.